The zero-order valence-corrected chi connectivity index (χ0v) is 11.9. The third-order valence-electron chi connectivity index (χ3n) is 3.08. The fraction of sp³-hybridized carbons (Fsp3) is 0.333. The summed E-state index contributed by atoms with van der Waals surface area (Å²) in [6.45, 7) is 9.06. The minimum absolute atomic E-state index is 0.652. The van der Waals surface area contributed by atoms with E-state index in [2.05, 4.69) is 52.6 Å². The summed E-state index contributed by atoms with van der Waals surface area (Å²) in [4.78, 5) is 8.72. The molecule has 0 bridgehead atoms. The van der Waals surface area contributed by atoms with Gasteiger partial charge < -0.3 is 10.6 Å². The lowest BCUT2D eigenvalue weighted by Crippen LogP contribution is -2.05. The van der Waals surface area contributed by atoms with Crippen LogP contribution in [0.1, 0.15) is 23.6 Å². The van der Waals surface area contributed by atoms with Crippen LogP contribution >= 0.6 is 0 Å². The van der Waals surface area contributed by atoms with Crippen LogP contribution in [0.5, 0.6) is 0 Å². The van der Waals surface area contributed by atoms with Gasteiger partial charge in [-0.1, -0.05) is 6.07 Å². The Morgan fingerprint density at radius 2 is 1.84 bits per heavy atom. The molecule has 19 heavy (non-hydrogen) atoms. The van der Waals surface area contributed by atoms with Gasteiger partial charge in [0.05, 0.1) is 0 Å². The van der Waals surface area contributed by atoms with E-state index < -0.39 is 0 Å². The van der Waals surface area contributed by atoms with Gasteiger partial charge in [0.2, 0.25) is 5.95 Å². The molecule has 2 rings (SSSR count). The molecule has 0 aliphatic heterocycles. The highest BCUT2D eigenvalue weighted by atomic mass is 15.1. The summed E-state index contributed by atoms with van der Waals surface area (Å²) in [6, 6.07) is 6.31. The highest BCUT2D eigenvalue weighted by Crippen LogP contribution is 2.21. The van der Waals surface area contributed by atoms with Crippen molar-refractivity contribution >= 4 is 17.5 Å². The lowest BCUT2D eigenvalue weighted by atomic mass is 10.1. The minimum atomic E-state index is 0.652. The fourth-order valence-corrected chi connectivity index (χ4v) is 1.77. The molecule has 0 unspecified atom stereocenters. The Hall–Kier alpha value is -2.10. The van der Waals surface area contributed by atoms with Gasteiger partial charge in [-0.05, 0) is 51.0 Å². The van der Waals surface area contributed by atoms with Crippen molar-refractivity contribution in [1.29, 1.82) is 0 Å². The molecule has 2 aromatic rings. The molecule has 0 atom stereocenters. The van der Waals surface area contributed by atoms with Crippen molar-refractivity contribution in [2.45, 2.75) is 27.7 Å². The number of nitrogens with zero attached hydrogens (tertiary/aromatic N) is 2. The molecule has 0 aliphatic rings. The van der Waals surface area contributed by atoms with Crippen molar-refractivity contribution < 1.29 is 0 Å². The van der Waals surface area contributed by atoms with Gasteiger partial charge in [-0.3, -0.25) is 0 Å². The first-order valence-corrected chi connectivity index (χ1v) is 6.52. The van der Waals surface area contributed by atoms with Crippen LogP contribution < -0.4 is 10.6 Å². The smallest absolute Gasteiger partial charge is 0.224 e. The summed E-state index contributed by atoms with van der Waals surface area (Å²) in [7, 11) is 0. The Labute approximate surface area is 114 Å². The first-order chi connectivity index (χ1) is 9.10. The first kappa shape index (κ1) is 13.3. The lowest BCUT2D eigenvalue weighted by Gasteiger charge is -2.11. The second kappa shape index (κ2) is 5.69. The molecule has 4 heteroatoms. The van der Waals surface area contributed by atoms with E-state index in [1.165, 1.54) is 11.1 Å². The third-order valence-corrected chi connectivity index (χ3v) is 3.08. The van der Waals surface area contributed by atoms with Gasteiger partial charge in [0.15, 0.2) is 0 Å². The van der Waals surface area contributed by atoms with Crippen LogP contribution in [0, 0.1) is 20.8 Å². The number of hydrogen-bond acceptors (Lipinski definition) is 4. The highest BCUT2D eigenvalue weighted by Gasteiger charge is 2.04. The third kappa shape index (κ3) is 3.22. The number of nitrogens with one attached hydrogen (secondary N) is 2. The second-order valence-electron chi connectivity index (χ2n) is 4.68. The average Bonchev–Trinajstić information content (AvgIpc) is 2.38. The largest absolute Gasteiger partial charge is 0.354 e. The van der Waals surface area contributed by atoms with Gasteiger partial charge in [-0.15, -0.1) is 0 Å². The maximum Gasteiger partial charge on any atom is 0.224 e. The van der Waals surface area contributed by atoms with Crippen LogP contribution in [0.4, 0.5) is 17.5 Å². The predicted molar refractivity (Wildman–Crippen MR) is 80.1 cm³/mol. The highest BCUT2D eigenvalue weighted by molar-refractivity contribution is 5.61. The molecule has 0 saturated carbocycles. The molecule has 2 N–H and O–H groups in total. The van der Waals surface area contributed by atoms with Crippen LogP contribution in [0.2, 0.25) is 0 Å². The summed E-state index contributed by atoms with van der Waals surface area (Å²) in [5.74, 6) is 1.49. The summed E-state index contributed by atoms with van der Waals surface area (Å²) >= 11 is 0. The van der Waals surface area contributed by atoms with Crippen molar-refractivity contribution in [3.63, 3.8) is 0 Å². The normalized spacial score (nSPS) is 10.3. The van der Waals surface area contributed by atoms with Crippen molar-refractivity contribution in [2.75, 3.05) is 17.2 Å². The number of aryl methyl sites for hydroxylation is 3. The Balaban J connectivity index is 2.26. The van der Waals surface area contributed by atoms with Gasteiger partial charge >= 0.3 is 0 Å². The number of aromatic nitrogens is 2. The summed E-state index contributed by atoms with van der Waals surface area (Å²) in [5, 5.41) is 6.47. The number of rotatable bonds is 4. The van der Waals surface area contributed by atoms with Crippen molar-refractivity contribution in [1.82, 2.24) is 9.97 Å². The first-order valence-electron chi connectivity index (χ1n) is 6.52. The van der Waals surface area contributed by atoms with E-state index in [0.717, 1.165) is 23.6 Å². The fourth-order valence-electron chi connectivity index (χ4n) is 1.77. The van der Waals surface area contributed by atoms with Crippen molar-refractivity contribution in [2.24, 2.45) is 0 Å². The van der Waals surface area contributed by atoms with E-state index in [-0.39, 0.29) is 0 Å². The van der Waals surface area contributed by atoms with Gasteiger partial charge in [-0.25, -0.2) is 4.98 Å². The molecule has 0 spiro atoms. The Kier molecular flexibility index (Phi) is 4.00. The molecule has 0 aliphatic carbocycles. The zero-order valence-electron chi connectivity index (χ0n) is 11.9. The van der Waals surface area contributed by atoms with Crippen LogP contribution in [-0.2, 0) is 0 Å². The summed E-state index contributed by atoms with van der Waals surface area (Å²) in [6.07, 6.45) is 1.83. The number of hydrogen-bond donors (Lipinski definition) is 2. The van der Waals surface area contributed by atoms with Crippen molar-refractivity contribution in [3.8, 4) is 0 Å². The van der Waals surface area contributed by atoms with E-state index in [1.807, 2.05) is 20.0 Å². The van der Waals surface area contributed by atoms with Gasteiger partial charge in [0.25, 0.3) is 0 Å². The molecule has 100 valence electrons. The Morgan fingerprint density at radius 3 is 2.53 bits per heavy atom. The minimum Gasteiger partial charge on any atom is -0.354 e. The van der Waals surface area contributed by atoms with E-state index in [1.54, 1.807) is 0 Å². The molecule has 0 saturated heterocycles. The molecular formula is C15H20N4. The van der Waals surface area contributed by atoms with Crippen LogP contribution in [-0.4, -0.2) is 16.5 Å². The Bertz CT molecular complexity index is 578. The molecular weight excluding hydrogens is 236 g/mol. The summed E-state index contributed by atoms with van der Waals surface area (Å²) < 4.78 is 0. The van der Waals surface area contributed by atoms with E-state index in [9.17, 15) is 0 Å². The van der Waals surface area contributed by atoms with E-state index >= 15 is 0 Å². The Morgan fingerprint density at radius 1 is 1.05 bits per heavy atom. The standard InChI is InChI=1S/C15H20N4/c1-5-16-15-17-9-12(4)14(19-15)18-13-7-6-10(2)11(3)8-13/h6-9H,5H2,1-4H3,(H2,16,17,18,19). The quantitative estimate of drug-likeness (QED) is 0.878. The van der Waals surface area contributed by atoms with E-state index in [4.69, 9.17) is 0 Å². The number of benzene rings is 1. The van der Waals surface area contributed by atoms with Gasteiger partial charge in [0.1, 0.15) is 5.82 Å². The monoisotopic (exact) mass is 256 g/mol. The zero-order chi connectivity index (χ0) is 13.8. The number of anilines is 3. The van der Waals surface area contributed by atoms with Crippen LogP contribution in [0.15, 0.2) is 24.4 Å². The average molecular weight is 256 g/mol. The predicted octanol–water partition coefficient (Wildman–Crippen LogP) is 3.58. The second-order valence-corrected chi connectivity index (χ2v) is 4.68. The molecule has 1 aromatic carbocycles. The van der Waals surface area contributed by atoms with Crippen molar-refractivity contribution in [3.05, 3.63) is 41.1 Å². The maximum absolute atomic E-state index is 4.48. The lowest BCUT2D eigenvalue weighted by molar-refractivity contribution is 1.07. The van der Waals surface area contributed by atoms with Gasteiger partial charge in [0, 0.05) is 24.0 Å². The van der Waals surface area contributed by atoms with Crippen LogP contribution in [0.25, 0.3) is 0 Å². The molecule has 0 fully saturated rings. The molecule has 0 amide bonds. The molecule has 1 heterocycles. The van der Waals surface area contributed by atoms with Crippen LogP contribution in [0.3, 0.4) is 0 Å². The maximum atomic E-state index is 4.48. The SMILES string of the molecule is CCNc1ncc(C)c(Nc2ccc(C)c(C)c2)n1. The summed E-state index contributed by atoms with van der Waals surface area (Å²) in [5.41, 5.74) is 4.63. The molecule has 1 aromatic heterocycles. The molecule has 4 nitrogen and oxygen atoms in total. The van der Waals surface area contributed by atoms with E-state index in [0.29, 0.717) is 5.95 Å². The van der Waals surface area contributed by atoms with Gasteiger partial charge in [-0.2, -0.15) is 4.98 Å². The molecule has 0 radical (unpaired) electrons. The topological polar surface area (TPSA) is 49.8 Å².